The lowest BCUT2D eigenvalue weighted by Crippen LogP contribution is -2.58. The summed E-state index contributed by atoms with van der Waals surface area (Å²) in [5.41, 5.74) is 4.35. The number of rotatable bonds is 7. The minimum Gasteiger partial charge on any atom is -0.490 e. The molecule has 1 atom stereocenters. The number of nitrogens with zero attached hydrogens (tertiary/aromatic N) is 2. The number of likely N-dealkylation sites (N-methyl/N-ethyl adjacent to an activating group) is 1. The molecule has 0 spiro atoms. The van der Waals surface area contributed by atoms with E-state index >= 15 is 0 Å². The van der Waals surface area contributed by atoms with Crippen LogP contribution in [0.3, 0.4) is 0 Å². The van der Waals surface area contributed by atoms with Crippen LogP contribution in [0.2, 0.25) is 0 Å². The van der Waals surface area contributed by atoms with Crippen molar-refractivity contribution in [3.05, 3.63) is 30.1 Å². The first-order valence-corrected chi connectivity index (χ1v) is 8.03. The van der Waals surface area contributed by atoms with E-state index in [1.54, 1.807) is 9.80 Å². The largest absolute Gasteiger partial charge is 0.490 e. The molecule has 0 aromatic heterocycles. The van der Waals surface area contributed by atoms with E-state index in [9.17, 15) is 14.0 Å². The Hall–Kier alpha value is -2.19. The van der Waals surface area contributed by atoms with Crippen LogP contribution in [0.4, 0.5) is 4.39 Å². The number of nitrogens with two attached hydrogens (primary N) is 1. The van der Waals surface area contributed by atoms with Gasteiger partial charge in [0.1, 0.15) is 23.8 Å². The first kappa shape index (κ1) is 19.1. The molecule has 1 fully saturated rings. The Morgan fingerprint density at radius 2 is 2.04 bits per heavy atom. The van der Waals surface area contributed by atoms with Gasteiger partial charge in [0.2, 0.25) is 11.8 Å². The average Bonchev–Trinajstić information content (AvgIpc) is 2.53. The van der Waals surface area contributed by atoms with Gasteiger partial charge in [-0.25, -0.2) is 4.39 Å². The van der Waals surface area contributed by atoms with Crippen molar-refractivity contribution in [3.63, 3.8) is 0 Å². The number of carbonyl (C=O) groups excluding carboxylic acids is 2. The summed E-state index contributed by atoms with van der Waals surface area (Å²) in [4.78, 5) is 27.3. The summed E-state index contributed by atoms with van der Waals surface area (Å²) in [7, 11) is 3.62. The first-order valence-electron chi connectivity index (χ1n) is 8.03. The Kier molecular flexibility index (Phi) is 6.33. The van der Waals surface area contributed by atoms with Gasteiger partial charge in [-0.05, 0) is 38.4 Å². The lowest BCUT2D eigenvalue weighted by atomic mass is 9.97. The Labute approximate surface area is 146 Å². The number of carbonyl (C=O) groups is 2. The number of morpholine rings is 1. The number of hydrogen-bond donors (Lipinski definition) is 1. The third-order valence-electron chi connectivity index (χ3n) is 3.86. The van der Waals surface area contributed by atoms with Crippen LogP contribution in [0.15, 0.2) is 24.3 Å². The van der Waals surface area contributed by atoms with Crippen molar-refractivity contribution in [2.24, 2.45) is 5.73 Å². The van der Waals surface area contributed by atoms with Crippen LogP contribution >= 0.6 is 0 Å². The maximum atomic E-state index is 13.0. The second kappa shape index (κ2) is 8.26. The number of hydrogen-bond acceptors (Lipinski definition) is 5. The highest BCUT2D eigenvalue weighted by atomic mass is 19.1. The fourth-order valence-electron chi connectivity index (χ4n) is 2.74. The summed E-state index contributed by atoms with van der Waals surface area (Å²) in [6.45, 7) is 1.26. The highest BCUT2D eigenvalue weighted by Gasteiger charge is 2.40. The second-order valence-corrected chi connectivity index (χ2v) is 6.47. The lowest BCUT2D eigenvalue weighted by Gasteiger charge is -2.42. The van der Waals surface area contributed by atoms with E-state index < -0.39 is 11.5 Å². The van der Waals surface area contributed by atoms with Crippen molar-refractivity contribution in [1.29, 1.82) is 0 Å². The summed E-state index contributed by atoms with van der Waals surface area (Å²) in [5, 5.41) is 0. The van der Waals surface area contributed by atoms with Gasteiger partial charge in [0.25, 0.3) is 0 Å². The molecule has 2 amide bonds. The quantitative estimate of drug-likeness (QED) is 0.759. The van der Waals surface area contributed by atoms with Crippen LogP contribution in [0.25, 0.3) is 0 Å². The van der Waals surface area contributed by atoms with Gasteiger partial charge in [0.15, 0.2) is 0 Å². The molecule has 7 nitrogen and oxygen atoms in total. The molecule has 8 heteroatoms. The number of amides is 2. The zero-order valence-electron chi connectivity index (χ0n) is 14.5. The normalized spacial score (nSPS) is 20.6. The molecule has 1 aliphatic heterocycles. The molecule has 0 bridgehead atoms. The minimum absolute atomic E-state index is 0.0350. The van der Waals surface area contributed by atoms with Gasteiger partial charge in [0, 0.05) is 6.54 Å². The van der Waals surface area contributed by atoms with Crippen molar-refractivity contribution in [2.45, 2.75) is 12.0 Å². The highest BCUT2D eigenvalue weighted by molar-refractivity contribution is 5.79. The molecule has 2 rings (SSSR count). The Bertz CT molecular complexity index is 608. The molecule has 1 aromatic carbocycles. The SMILES string of the molecule is CN(C)CC(=O)N1CCOC(COc2ccc(F)cc2)(CC(N)=O)C1. The van der Waals surface area contributed by atoms with Crippen LogP contribution in [0, 0.1) is 5.82 Å². The van der Waals surface area contributed by atoms with Crippen LogP contribution in [0.1, 0.15) is 6.42 Å². The van der Waals surface area contributed by atoms with Crippen molar-refractivity contribution < 1.29 is 23.5 Å². The molecule has 1 heterocycles. The number of primary amides is 1. The molecule has 1 saturated heterocycles. The Balaban J connectivity index is 2.08. The van der Waals surface area contributed by atoms with Crippen LogP contribution < -0.4 is 10.5 Å². The standard InChI is InChI=1S/C17H24FN3O4/c1-20(2)10-16(23)21-7-8-25-17(11-21,9-15(19)22)12-24-14-5-3-13(18)4-6-14/h3-6H,7-12H2,1-2H3,(H2,19,22). The predicted molar refractivity (Wildman–Crippen MR) is 89.5 cm³/mol. The second-order valence-electron chi connectivity index (χ2n) is 6.47. The molecule has 2 N–H and O–H groups in total. The van der Waals surface area contributed by atoms with Crippen molar-refractivity contribution in [2.75, 3.05) is 46.9 Å². The van der Waals surface area contributed by atoms with E-state index in [1.165, 1.54) is 24.3 Å². The van der Waals surface area contributed by atoms with E-state index in [0.717, 1.165) is 0 Å². The van der Waals surface area contributed by atoms with E-state index in [2.05, 4.69) is 0 Å². The van der Waals surface area contributed by atoms with E-state index in [0.29, 0.717) is 18.9 Å². The molecule has 1 aliphatic rings. The molecule has 25 heavy (non-hydrogen) atoms. The molecular formula is C17H24FN3O4. The third-order valence-corrected chi connectivity index (χ3v) is 3.86. The zero-order valence-corrected chi connectivity index (χ0v) is 14.5. The fourth-order valence-corrected chi connectivity index (χ4v) is 2.74. The van der Waals surface area contributed by atoms with E-state index in [1.807, 2.05) is 14.1 Å². The maximum absolute atomic E-state index is 13.0. The van der Waals surface area contributed by atoms with Gasteiger partial charge in [-0.2, -0.15) is 0 Å². The third kappa shape index (κ3) is 5.68. The molecule has 0 radical (unpaired) electrons. The zero-order chi connectivity index (χ0) is 18.4. The van der Waals surface area contributed by atoms with Gasteiger partial charge in [-0.15, -0.1) is 0 Å². The van der Waals surface area contributed by atoms with Crippen molar-refractivity contribution in [3.8, 4) is 5.75 Å². The molecule has 1 aromatic rings. The van der Waals surface area contributed by atoms with Crippen LogP contribution in [-0.4, -0.2) is 74.2 Å². The number of halogens is 1. The number of ether oxygens (including phenoxy) is 2. The van der Waals surface area contributed by atoms with E-state index in [4.69, 9.17) is 15.2 Å². The molecular weight excluding hydrogens is 329 g/mol. The van der Waals surface area contributed by atoms with Gasteiger partial charge in [-0.1, -0.05) is 0 Å². The first-order chi connectivity index (χ1) is 11.8. The Morgan fingerprint density at radius 3 is 2.64 bits per heavy atom. The van der Waals surface area contributed by atoms with Crippen LogP contribution in [-0.2, 0) is 14.3 Å². The summed E-state index contributed by atoms with van der Waals surface area (Å²) in [6.07, 6.45) is -0.0695. The highest BCUT2D eigenvalue weighted by Crippen LogP contribution is 2.24. The molecule has 0 saturated carbocycles. The average molecular weight is 353 g/mol. The van der Waals surface area contributed by atoms with Crippen molar-refractivity contribution in [1.82, 2.24) is 9.80 Å². The van der Waals surface area contributed by atoms with E-state index in [-0.39, 0.29) is 37.8 Å². The Morgan fingerprint density at radius 1 is 1.36 bits per heavy atom. The molecule has 1 unspecified atom stereocenters. The smallest absolute Gasteiger partial charge is 0.236 e. The predicted octanol–water partition coefficient (Wildman–Crippen LogP) is 0.239. The fraction of sp³-hybridized carbons (Fsp3) is 0.529. The van der Waals surface area contributed by atoms with Gasteiger partial charge in [-0.3, -0.25) is 9.59 Å². The maximum Gasteiger partial charge on any atom is 0.236 e. The van der Waals surface area contributed by atoms with Gasteiger partial charge < -0.3 is 25.0 Å². The molecule has 0 aliphatic carbocycles. The molecule has 138 valence electrons. The summed E-state index contributed by atoms with van der Waals surface area (Å²) in [5.74, 6) is -0.507. The van der Waals surface area contributed by atoms with Gasteiger partial charge >= 0.3 is 0 Å². The van der Waals surface area contributed by atoms with Gasteiger partial charge in [0.05, 0.1) is 26.1 Å². The summed E-state index contributed by atoms with van der Waals surface area (Å²) >= 11 is 0. The topological polar surface area (TPSA) is 85.1 Å². The lowest BCUT2D eigenvalue weighted by molar-refractivity contribution is -0.162. The monoisotopic (exact) mass is 353 g/mol. The minimum atomic E-state index is -1.01. The summed E-state index contributed by atoms with van der Waals surface area (Å²) in [6, 6.07) is 5.55. The summed E-state index contributed by atoms with van der Waals surface area (Å²) < 4.78 is 24.4. The number of benzene rings is 1. The van der Waals surface area contributed by atoms with Crippen molar-refractivity contribution >= 4 is 11.8 Å². The van der Waals surface area contributed by atoms with Crippen LogP contribution in [0.5, 0.6) is 5.75 Å².